The third-order valence-electron chi connectivity index (χ3n) is 4.20. The minimum absolute atomic E-state index is 0.213. The van der Waals surface area contributed by atoms with Crippen molar-refractivity contribution in [1.29, 1.82) is 0 Å². The number of hydrogen-bond donors (Lipinski definition) is 2. The quantitative estimate of drug-likeness (QED) is 0.844. The summed E-state index contributed by atoms with van der Waals surface area (Å²) in [5.74, 6) is 0.685. The van der Waals surface area contributed by atoms with E-state index in [2.05, 4.69) is 69.8 Å². The minimum atomic E-state index is 0.213. The van der Waals surface area contributed by atoms with Crippen LogP contribution in [0.4, 0.5) is 5.69 Å². The van der Waals surface area contributed by atoms with Gasteiger partial charge in [0.2, 0.25) is 0 Å². The summed E-state index contributed by atoms with van der Waals surface area (Å²) in [5.41, 5.74) is 3.80. The number of benzene rings is 2. The third kappa shape index (κ3) is 3.66. The van der Waals surface area contributed by atoms with Crippen LogP contribution in [0.1, 0.15) is 29.9 Å². The monoisotopic (exact) mass is 345 g/mol. The van der Waals surface area contributed by atoms with Crippen molar-refractivity contribution in [3.63, 3.8) is 0 Å². The van der Waals surface area contributed by atoms with Crippen LogP contribution in [0.3, 0.4) is 0 Å². The predicted molar refractivity (Wildman–Crippen MR) is 90.8 cm³/mol. The zero-order valence-corrected chi connectivity index (χ0v) is 13.5. The number of hydrogen-bond acceptors (Lipinski definition) is 2. The van der Waals surface area contributed by atoms with Crippen LogP contribution in [0, 0.1) is 0 Å². The molecule has 2 aromatic carbocycles. The first kappa shape index (κ1) is 14.6. The molecule has 2 N–H and O–H groups in total. The molecule has 1 aliphatic rings. The van der Waals surface area contributed by atoms with Crippen molar-refractivity contribution in [2.45, 2.75) is 31.2 Å². The van der Waals surface area contributed by atoms with Crippen LogP contribution in [-0.2, 0) is 6.42 Å². The van der Waals surface area contributed by atoms with Crippen LogP contribution >= 0.6 is 15.9 Å². The number of halogens is 1. The van der Waals surface area contributed by atoms with Crippen LogP contribution in [0.25, 0.3) is 0 Å². The Morgan fingerprint density at radius 1 is 1.00 bits per heavy atom. The second kappa shape index (κ2) is 6.63. The summed E-state index contributed by atoms with van der Waals surface area (Å²) in [6, 6.07) is 17.6. The molecular weight excluding hydrogens is 326 g/mol. The maximum absolute atomic E-state index is 8.92. The van der Waals surface area contributed by atoms with Gasteiger partial charge in [0.15, 0.2) is 0 Å². The van der Waals surface area contributed by atoms with E-state index in [1.807, 2.05) is 0 Å². The Balaban J connectivity index is 1.51. The van der Waals surface area contributed by atoms with Gasteiger partial charge in [-0.05, 0) is 60.6 Å². The lowest BCUT2D eigenvalue weighted by molar-refractivity contribution is 0.299. The first-order chi connectivity index (χ1) is 10.2. The van der Waals surface area contributed by atoms with Crippen LogP contribution in [-0.4, -0.2) is 17.8 Å². The molecule has 0 atom stereocenters. The summed E-state index contributed by atoms with van der Waals surface area (Å²) in [6.07, 6.45) is 3.12. The molecular formula is C18H20BrNO. The van der Waals surface area contributed by atoms with Gasteiger partial charge in [-0.1, -0.05) is 40.2 Å². The highest BCUT2D eigenvalue weighted by Gasteiger charge is 2.29. The first-order valence-corrected chi connectivity index (χ1v) is 8.25. The molecule has 1 aliphatic carbocycles. The van der Waals surface area contributed by atoms with E-state index in [0.29, 0.717) is 12.0 Å². The molecule has 21 heavy (non-hydrogen) atoms. The summed E-state index contributed by atoms with van der Waals surface area (Å²) in [4.78, 5) is 0. The van der Waals surface area contributed by atoms with E-state index < -0.39 is 0 Å². The van der Waals surface area contributed by atoms with E-state index in [-0.39, 0.29) is 6.61 Å². The molecule has 0 bridgehead atoms. The fourth-order valence-electron chi connectivity index (χ4n) is 2.88. The van der Waals surface area contributed by atoms with E-state index in [4.69, 9.17) is 5.11 Å². The van der Waals surface area contributed by atoms with Crippen molar-refractivity contribution in [2.75, 3.05) is 11.9 Å². The number of anilines is 1. The highest BCUT2D eigenvalue weighted by molar-refractivity contribution is 9.10. The first-order valence-electron chi connectivity index (χ1n) is 7.46. The SMILES string of the molecule is OCCc1ccc(NC2CC(c3ccc(Br)cc3)C2)cc1. The van der Waals surface area contributed by atoms with E-state index in [1.165, 1.54) is 29.7 Å². The lowest BCUT2D eigenvalue weighted by atomic mass is 9.76. The second-order valence-electron chi connectivity index (χ2n) is 5.73. The van der Waals surface area contributed by atoms with Crippen molar-refractivity contribution in [3.05, 3.63) is 64.1 Å². The van der Waals surface area contributed by atoms with E-state index in [1.54, 1.807) is 0 Å². The smallest absolute Gasteiger partial charge is 0.0471 e. The average Bonchev–Trinajstić information content (AvgIpc) is 2.46. The molecule has 0 radical (unpaired) electrons. The number of rotatable bonds is 5. The van der Waals surface area contributed by atoms with Crippen molar-refractivity contribution in [2.24, 2.45) is 0 Å². The zero-order valence-electron chi connectivity index (χ0n) is 11.9. The highest BCUT2D eigenvalue weighted by Crippen LogP contribution is 2.38. The Kier molecular flexibility index (Phi) is 4.61. The number of aliphatic hydroxyl groups excluding tert-OH is 1. The van der Waals surface area contributed by atoms with Crippen molar-refractivity contribution in [3.8, 4) is 0 Å². The van der Waals surface area contributed by atoms with Crippen LogP contribution < -0.4 is 5.32 Å². The topological polar surface area (TPSA) is 32.3 Å². The van der Waals surface area contributed by atoms with Gasteiger partial charge in [0.25, 0.3) is 0 Å². The molecule has 0 aromatic heterocycles. The van der Waals surface area contributed by atoms with Gasteiger partial charge in [0, 0.05) is 22.8 Å². The Labute approximate surface area is 134 Å². The number of nitrogens with one attached hydrogen (secondary N) is 1. The lowest BCUT2D eigenvalue weighted by Gasteiger charge is -2.37. The summed E-state index contributed by atoms with van der Waals surface area (Å²) in [6.45, 7) is 0.213. The van der Waals surface area contributed by atoms with Crippen molar-refractivity contribution >= 4 is 21.6 Å². The molecule has 0 spiro atoms. The average molecular weight is 346 g/mol. The normalized spacial score (nSPS) is 20.9. The van der Waals surface area contributed by atoms with E-state index in [0.717, 1.165) is 10.9 Å². The molecule has 1 fully saturated rings. The zero-order chi connectivity index (χ0) is 14.7. The molecule has 2 nitrogen and oxygen atoms in total. The van der Waals surface area contributed by atoms with Gasteiger partial charge in [-0.25, -0.2) is 0 Å². The summed E-state index contributed by atoms with van der Waals surface area (Å²) >= 11 is 3.48. The van der Waals surface area contributed by atoms with E-state index >= 15 is 0 Å². The standard InChI is InChI=1S/C18H20BrNO/c19-16-5-3-14(4-6-16)15-11-18(12-15)20-17-7-1-13(2-8-17)9-10-21/h1-8,15,18,20-21H,9-12H2. The number of aliphatic hydroxyl groups is 1. The van der Waals surface area contributed by atoms with Gasteiger partial charge in [-0.15, -0.1) is 0 Å². The molecule has 3 rings (SSSR count). The Bertz CT molecular complexity index is 573. The van der Waals surface area contributed by atoms with Gasteiger partial charge in [-0.2, -0.15) is 0 Å². The van der Waals surface area contributed by atoms with Crippen molar-refractivity contribution in [1.82, 2.24) is 0 Å². The fraction of sp³-hybridized carbons (Fsp3) is 0.333. The predicted octanol–water partition coefficient (Wildman–Crippen LogP) is 4.34. The highest BCUT2D eigenvalue weighted by atomic mass is 79.9. The molecule has 0 unspecified atom stereocenters. The Hall–Kier alpha value is -1.32. The van der Waals surface area contributed by atoms with Gasteiger partial charge >= 0.3 is 0 Å². The molecule has 2 aromatic rings. The Morgan fingerprint density at radius 2 is 1.67 bits per heavy atom. The van der Waals surface area contributed by atoms with Gasteiger partial charge < -0.3 is 10.4 Å². The van der Waals surface area contributed by atoms with Gasteiger partial charge in [-0.3, -0.25) is 0 Å². The molecule has 110 valence electrons. The minimum Gasteiger partial charge on any atom is -0.396 e. The second-order valence-corrected chi connectivity index (χ2v) is 6.65. The molecule has 1 saturated carbocycles. The van der Waals surface area contributed by atoms with Gasteiger partial charge in [0.05, 0.1) is 0 Å². The van der Waals surface area contributed by atoms with Crippen LogP contribution in [0.15, 0.2) is 53.0 Å². The third-order valence-corrected chi connectivity index (χ3v) is 4.73. The summed E-state index contributed by atoms with van der Waals surface area (Å²) in [5, 5.41) is 12.5. The maximum Gasteiger partial charge on any atom is 0.0471 e. The molecule has 0 amide bonds. The molecule has 0 aliphatic heterocycles. The molecule has 0 saturated heterocycles. The van der Waals surface area contributed by atoms with Crippen LogP contribution in [0.5, 0.6) is 0 Å². The molecule has 3 heteroatoms. The summed E-state index contributed by atoms with van der Waals surface area (Å²) < 4.78 is 1.14. The summed E-state index contributed by atoms with van der Waals surface area (Å²) in [7, 11) is 0. The van der Waals surface area contributed by atoms with E-state index in [9.17, 15) is 0 Å². The van der Waals surface area contributed by atoms with Gasteiger partial charge in [0.1, 0.15) is 0 Å². The van der Waals surface area contributed by atoms with Crippen LogP contribution in [0.2, 0.25) is 0 Å². The lowest BCUT2D eigenvalue weighted by Crippen LogP contribution is -2.33. The Morgan fingerprint density at radius 3 is 2.29 bits per heavy atom. The largest absolute Gasteiger partial charge is 0.396 e. The van der Waals surface area contributed by atoms with Crippen molar-refractivity contribution < 1.29 is 5.11 Å². The maximum atomic E-state index is 8.92. The molecule has 0 heterocycles. The fourth-order valence-corrected chi connectivity index (χ4v) is 3.14.